The standard InChI is InChI=1S/C22H19ClN6O4S/c1-28(34(31,32)21-12-2-16(23)3-13-21)18-8-10-20(11-9-18)33-14-22(30)25-17-4-6-19(7-5-17)29-15-24-26-27-29/h2-13,15H,14H2,1H3,(H,25,30). The van der Waals surface area contributed by atoms with Crippen molar-refractivity contribution in [2.24, 2.45) is 0 Å². The summed E-state index contributed by atoms with van der Waals surface area (Å²) in [7, 11) is -2.29. The van der Waals surface area contributed by atoms with Gasteiger partial charge < -0.3 is 10.1 Å². The number of sulfonamides is 1. The summed E-state index contributed by atoms with van der Waals surface area (Å²) in [6.07, 6.45) is 1.47. The Morgan fingerprint density at radius 3 is 2.32 bits per heavy atom. The number of hydrogen-bond acceptors (Lipinski definition) is 7. The summed E-state index contributed by atoms with van der Waals surface area (Å²) in [5.74, 6) is 0.0758. The molecule has 1 N–H and O–H groups in total. The first kappa shape index (κ1) is 23.2. The highest BCUT2D eigenvalue weighted by molar-refractivity contribution is 7.92. The Morgan fingerprint density at radius 1 is 1.03 bits per heavy atom. The van der Waals surface area contributed by atoms with Crippen LogP contribution in [0.25, 0.3) is 5.69 Å². The van der Waals surface area contributed by atoms with E-state index in [2.05, 4.69) is 20.8 Å². The van der Waals surface area contributed by atoms with Gasteiger partial charge in [-0.25, -0.2) is 13.1 Å². The van der Waals surface area contributed by atoms with Crippen molar-refractivity contribution in [2.45, 2.75) is 4.90 Å². The zero-order valence-corrected chi connectivity index (χ0v) is 19.4. The van der Waals surface area contributed by atoms with E-state index < -0.39 is 10.0 Å². The van der Waals surface area contributed by atoms with Crippen molar-refractivity contribution in [3.8, 4) is 11.4 Å². The second-order valence-electron chi connectivity index (χ2n) is 7.06. The molecular weight excluding hydrogens is 480 g/mol. The summed E-state index contributed by atoms with van der Waals surface area (Å²) in [5, 5.41) is 14.1. The Hall–Kier alpha value is -3.96. The Balaban J connectivity index is 1.32. The van der Waals surface area contributed by atoms with Gasteiger partial charge in [0.15, 0.2) is 6.61 Å². The number of nitrogens with zero attached hydrogens (tertiary/aromatic N) is 5. The summed E-state index contributed by atoms with van der Waals surface area (Å²) in [4.78, 5) is 12.3. The number of aromatic nitrogens is 4. The van der Waals surface area contributed by atoms with Gasteiger partial charge in [-0.2, -0.15) is 0 Å². The second kappa shape index (κ2) is 9.89. The second-order valence-corrected chi connectivity index (χ2v) is 9.46. The number of nitrogens with one attached hydrogen (secondary N) is 1. The van der Waals surface area contributed by atoms with Crippen LogP contribution in [0.5, 0.6) is 5.75 Å². The average molecular weight is 499 g/mol. The first-order valence-corrected chi connectivity index (χ1v) is 11.8. The lowest BCUT2D eigenvalue weighted by Crippen LogP contribution is -2.26. The third-order valence-electron chi connectivity index (χ3n) is 4.81. The van der Waals surface area contributed by atoms with Crippen LogP contribution in [0, 0.1) is 0 Å². The predicted octanol–water partition coefficient (Wildman–Crippen LogP) is 3.16. The first-order valence-electron chi connectivity index (χ1n) is 9.93. The molecule has 4 rings (SSSR count). The molecule has 0 unspecified atom stereocenters. The van der Waals surface area contributed by atoms with Crippen LogP contribution in [0.4, 0.5) is 11.4 Å². The van der Waals surface area contributed by atoms with Crippen LogP contribution >= 0.6 is 11.6 Å². The molecule has 0 saturated heterocycles. The maximum Gasteiger partial charge on any atom is 0.264 e. The molecular formula is C22H19ClN6O4S. The van der Waals surface area contributed by atoms with E-state index in [9.17, 15) is 13.2 Å². The van der Waals surface area contributed by atoms with Crippen LogP contribution < -0.4 is 14.4 Å². The smallest absolute Gasteiger partial charge is 0.264 e. The van der Waals surface area contributed by atoms with Crippen molar-refractivity contribution < 1.29 is 17.9 Å². The Morgan fingerprint density at radius 2 is 1.71 bits per heavy atom. The summed E-state index contributed by atoms with van der Waals surface area (Å²) in [6.45, 7) is -0.215. The lowest BCUT2D eigenvalue weighted by atomic mass is 10.3. The normalized spacial score (nSPS) is 11.1. The van der Waals surface area contributed by atoms with E-state index in [1.54, 1.807) is 48.5 Å². The Kier molecular flexibility index (Phi) is 6.75. The highest BCUT2D eigenvalue weighted by Gasteiger charge is 2.21. The van der Waals surface area contributed by atoms with Gasteiger partial charge in [-0.15, -0.1) is 5.10 Å². The summed E-state index contributed by atoms with van der Waals surface area (Å²) < 4.78 is 33.8. The molecule has 0 aliphatic carbocycles. The van der Waals surface area contributed by atoms with Crippen molar-refractivity contribution in [1.29, 1.82) is 0 Å². The highest BCUT2D eigenvalue weighted by atomic mass is 35.5. The summed E-state index contributed by atoms with van der Waals surface area (Å²) in [6, 6.07) is 19.3. The van der Waals surface area contributed by atoms with Crippen molar-refractivity contribution in [3.05, 3.63) is 84.1 Å². The fourth-order valence-electron chi connectivity index (χ4n) is 2.98. The minimum absolute atomic E-state index is 0.127. The van der Waals surface area contributed by atoms with E-state index in [0.717, 1.165) is 9.99 Å². The van der Waals surface area contributed by atoms with Gasteiger partial charge >= 0.3 is 0 Å². The van der Waals surface area contributed by atoms with E-state index in [1.807, 2.05) is 0 Å². The fourth-order valence-corrected chi connectivity index (χ4v) is 4.30. The van der Waals surface area contributed by atoms with Gasteiger partial charge in [0, 0.05) is 17.8 Å². The molecule has 0 saturated carbocycles. The van der Waals surface area contributed by atoms with Crippen molar-refractivity contribution in [2.75, 3.05) is 23.3 Å². The number of tetrazole rings is 1. The molecule has 4 aromatic rings. The SMILES string of the molecule is CN(c1ccc(OCC(=O)Nc2ccc(-n3cnnn3)cc2)cc1)S(=O)(=O)c1ccc(Cl)cc1. The van der Waals surface area contributed by atoms with Gasteiger partial charge in [0.25, 0.3) is 15.9 Å². The van der Waals surface area contributed by atoms with Gasteiger partial charge in [-0.3, -0.25) is 9.10 Å². The van der Waals surface area contributed by atoms with Crippen LogP contribution in [-0.2, 0) is 14.8 Å². The zero-order chi connectivity index (χ0) is 24.1. The maximum absolute atomic E-state index is 12.8. The molecule has 0 bridgehead atoms. The molecule has 0 aliphatic heterocycles. The summed E-state index contributed by atoms with van der Waals surface area (Å²) >= 11 is 5.84. The molecule has 0 spiro atoms. The molecule has 34 heavy (non-hydrogen) atoms. The lowest BCUT2D eigenvalue weighted by molar-refractivity contribution is -0.118. The Bertz CT molecular complexity index is 1360. The van der Waals surface area contributed by atoms with Gasteiger partial charge in [0.1, 0.15) is 12.1 Å². The third kappa shape index (κ3) is 5.33. The van der Waals surface area contributed by atoms with E-state index in [4.69, 9.17) is 16.3 Å². The highest BCUT2D eigenvalue weighted by Crippen LogP contribution is 2.25. The van der Waals surface area contributed by atoms with Crippen LogP contribution in [0.3, 0.4) is 0 Å². The van der Waals surface area contributed by atoms with E-state index in [0.29, 0.717) is 22.1 Å². The monoisotopic (exact) mass is 498 g/mol. The average Bonchev–Trinajstić information content (AvgIpc) is 3.38. The number of anilines is 2. The predicted molar refractivity (Wildman–Crippen MR) is 127 cm³/mol. The van der Waals surface area contributed by atoms with Crippen LogP contribution in [0.2, 0.25) is 5.02 Å². The van der Waals surface area contributed by atoms with Gasteiger partial charge in [-0.05, 0) is 83.2 Å². The summed E-state index contributed by atoms with van der Waals surface area (Å²) in [5.41, 5.74) is 1.78. The number of hydrogen-bond donors (Lipinski definition) is 1. The fraction of sp³-hybridized carbons (Fsp3) is 0.0909. The topological polar surface area (TPSA) is 119 Å². The molecule has 0 radical (unpaired) electrons. The molecule has 174 valence electrons. The molecule has 0 aliphatic rings. The Labute approximate surface area is 200 Å². The van der Waals surface area contributed by atoms with E-state index in [1.165, 1.54) is 42.3 Å². The van der Waals surface area contributed by atoms with Gasteiger partial charge in [-0.1, -0.05) is 11.6 Å². The number of halogens is 1. The number of carbonyl (C=O) groups excluding carboxylic acids is 1. The first-order chi connectivity index (χ1) is 16.3. The van der Waals surface area contributed by atoms with Crippen molar-refractivity contribution in [3.63, 3.8) is 0 Å². The van der Waals surface area contributed by atoms with Gasteiger partial charge in [0.05, 0.1) is 16.3 Å². The molecule has 3 aromatic carbocycles. The minimum Gasteiger partial charge on any atom is -0.484 e. The maximum atomic E-state index is 12.8. The van der Waals surface area contributed by atoms with Gasteiger partial charge in [0.2, 0.25) is 0 Å². The third-order valence-corrected chi connectivity index (χ3v) is 6.86. The number of amides is 1. The van der Waals surface area contributed by atoms with Crippen molar-refractivity contribution >= 4 is 38.9 Å². The van der Waals surface area contributed by atoms with E-state index in [-0.39, 0.29) is 17.4 Å². The van der Waals surface area contributed by atoms with Crippen LogP contribution in [0.1, 0.15) is 0 Å². The lowest BCUT2D eigenvalue weighted by Gasteiger charge is -2.20. The number of ether oxygens (including phenoxy) is 1. The number of carbonyl (C=O) groups is 1. The van der Waals surface area contributed by atoms with Crippen LogP contribution in [-0.4, -0.2) is 48.2 Å². The molecule has 10 nitrogen and oxygen atoms in total. The largest absolute Gasteiger partial charge is 0.484 e. The number of benzene rings is 3. The molecule has 1 heterocycles. The van der Waals surface area contributed by atoms with Crippen LogP contribution in [0.15, 0.2) is 84.0 Å². The molecule has 1 aromatic heterocycles. The van der Waals surface area contributed by atoms with E-state index >= 15 is 0 Å². The molecule has 0 fully saturated rings. The zero-order valence-electron chi connectivity index (χ0n) is 17.9. The minimum atomic E-state index is -3.74. The van der Waals surface area contributed by atoms with Crippen molar-refractivity contribution in [1.82, 2.24) is 20.2 Å². The quantitative estimate of drug-likeness (QED) is 0.396. The molecule has 1 amide bonds. The molecule has 0 atom stereocenters. The number of rotatable bonds is 8. The molecule has 12 heteroatoms.